The van der Waals surface area contributed by atoms with Gasteiger partial charge < -0.3 is 9.47 Å². The largest absolute Gasteiger partial charge is 0.468 e. The topological polar surface area (TPSA) is 69.7 Å². The molecule has 1 saturated carbocycles. The van der Waals surface area contributed by atoms with Crippen molar-refractivity contribution in [3.05, 3.63) is 12.7 Å². The van der Waals surface area contributed by atoms with Gasteiger partial charge in [-0.2, -0.15) is 0 Å². The summed E-state index contributed by atoms with van der Waals surface area (Å²) in [5, 5.41) is 0. The van der Waals surface area contributed by atoms with Crippen molar-refractivity contribution < 1.29 is 23.9 Å². The van der Waals surface area contributed by atoms with Crippen LogP contribution in [0.4, 0.5) is 0 Å². The van der Waals surface area contributed by atoms with E-state index in [-0.39, 0.29) is 24.0 Å². The summed E-state index contributed by atoms with van der Waals surface area (Å²) in [4.78, 5) is 35.4. The number of ether oxygens (including phenoxy) is 2. The second-order valence-corrected chi connectivity index (χ2v) is 5.20. The summed E-state index contributed by atoms with van der Waals surface area (Å²) in [7, 11) is 2.47. The number of carbonyl (C=O) groups excluding carboxylic acids is 3. The van der Waals surface area contributed by atoms with E-state index in [1.165, 1.54) is 14.2 Å². The number of hydrogen-bond acceptors (Lipinski definition) is 5. The average molecular weight is 282 g/mol. The Morgan fingerprint density at radius 3 is 2.40 bits per heavy atom. The normalized spacial score (nSPS) is 22.4. The van der Waals surface area contributed by atoms with Gasteiger partial charge >= 0.3 is 11.9 Å². The molecule has 0 amide bonds. The van der Waals surface area contributed by atoms with Gasteiger partial charge in [0.2, 0.25) is 0 Å². The van der Waals surface area contributed by atoms with Crippen LogP contribution in [0.5, 0.6) is 0 Å². The first-order valence-corrected chi connectivity index (χ1v) is 6.81. The Balaban J connectivity index is 2.83. The molecule has 1 aliphatic rings. The molecule has 0 unspecified atom stereocenters. The van der Waals surface area contributed by atoms with Crippen molar-refractivity contribution in [2.45, 2.75) is 32.1 Å². The van der Waals surface area contributed by atoms with Gasteiger partial charge in [0.1, 0.15) is 5.78 Å². The SMILES string of the molecule is C=CCC[C@@H]1CC(=O)C[C@@H](C(C(=O)OC)C(=O)OC)C1. The molecule has 0 heterocycles. The van der Waals surface area contributed by atoms with E-state index in [9.17, 15) is 14.4 Å². The summed E-state index contributed by atoms with van der Waals surface area (Å²) in [5.74, 6) is -2.30. The third-order valence-corrected chi connectivity index (χ3v) is 3.80. The molecule has 0 saturated heterocycles. The highest BCUT2D eigenvalue weighted by molar-refractivity contribution is 5.96. The summed E-state index contributed by atoms with van der Waals surface area (Å²) in [6.45, 7) is 3.67. The maximum Gasteiger partial charge on any atom is 0.320 e. The Labute approximate surface area is 119 Å². The quantitative estimate of drug-likeness (QED) is 0.423. The average Bonchev–Trinajstić information content (AvgIpc) is 2.44. The minimum absolute atomic E-state index is 0.0909. The van der Waals surface area contributed by atoms with E-state index < -0.39 is 17.9 Å². The van der Waals surface area contributed by atoms with Gasteiger partial charge in [0.05, 0.1) is 14.2 Å². The Hall–Kier alpha value is -1.65. The van der Waals surface area contributed by atoms with E-state index in [1.54, 1.807) is 0 Å². The van der Waals surface area contributed by atoms with E-state index in [0.717, 1.165) is 12.8 Å². The maximum absolute atomic E-state index is 11.8. The number of allylic oxidation sites excluding steroid dienone is 1. The van der Waals surface area contributed by atoms with Gasteiger partial charge in [-0.15, -0.1) is 6.58 Å². The zero-order chi connectivity index (χ0) is 15.1. The van der Waals surface area contributed by atoms with Crippen molar-refractivity contribution in [3.8, 4) is 0 Å². The monoisotopic (exact) mass is 282 g/mol. The second-order valence-electron chi connectivity index (χ2n) is 5.20. The van der Waals surface area contributed by atoms with Crippen LogP contribution in [0, 0.1) is 17.8 Å². The summed E-state index contributed by atoms with van der Waals surface area (Å²) >= 11 is 0. The number of esters is 2. The van der Waals surface area contributed by atoms with Crippen molar-refractivity contribution in [3.63, 3.8) is 0 Å². The number of carbonyl (C=O) groups is 3. The third kappa shape index (κ3) is 4.18. The lowest BCUT2D eigenvalue weighted by Crippen LogP contribution is -2.38. The number of Topliss-reactive ketones (excluding diaryl/α,β-unsaturated/α-hetero) is 1. The van der Waals surface area contributed by atoms with Crippen molar-refractivity contribution in [2.24, 2.45) is 17.8 Å². The first-order valence-electron chi connectivity index (χ1n) is 6.81. The van der Waals surface area contributed by atoms with E-state index >= 15 is 0 Å². The predicted molar refractivity (Wildman–Crippen MR) is 72.8 cm³/mol. The van der Waals surface area contributed by atoms with Crippen LogP contribution in [-0.4, -0.2) is 31.9 Å². The minimum Gasteiger partial charge on any atom is -0.468 e. The van der Waals surface area contributed by atoms with Gasteiger partial charge in [-0.1, -0.05) is 6.08 Å². The van der Waals surface area contributed by atoms with Crippen molar-refractivity contribution in [1.29, 1.82) is 0 Å². The highest BCUT2D eigenvalue weighted by Gasteiger charge is 2.41. The predicted octanol–water partition coefficient (Wildman–Crippen LogP) is 1.90. The molecule has 0 aliphatic heterocycles. The number of ketones is 1. The molecule has 0 aromatic carbocycles. The summed E-state index contributed by atoms with van der Waals surface area (Å²) in [6, 6.07) is 0. The lowest BCUT2D eigenvalue weighted by Gasteiger charge is -2.31. The van der Waals surface area contributed by atoms with Gasteiger partial charge in [0.25, 0.3) is 0 Å². The molecule has 0 bridgehead atoms. The molecule has 0 aromatic heterocycles. The van der Waals surface area contributed by atoms with Crippen LogP contribution in [0.3, 0.4) is 0 Å². The molecule has 0 radical (unpaired) electrons. The fourth-order valence-corrected chi connectivity index (χ4v) is 2.86. The van der Waals surface area contributed by atoms with Crippen LogP contribution in [0.2, 0.25) is 0 Å². The Morgan fingerprint density at radius 1 is 1.30 bits per heavy atom. The smallest absolute Gasteiger partial charge is 0.320 e. The molecule has 5 heteroatoms. The number of methoxy groups -OCH3 is 2. The first-order chi connectivity index (χ1) is 9.53. The van der Waals surface area contributed by atoms with E-state index in [1.807, 2.05) is 6.08 Å². The molecule has 1 aliphatic carbocycles. The third-order valence-electron chi connectivity index (χ3n) is 3.80. The van der Waals surface area contributed by atoms with Gasteiger partial charge in [-0.25, -0.2) is 0 Å². The summed E-state index contributed by atoms with van der Waals surface area (Å²) < 4.78 is 9.35. The molecule has 112 valence electrons. The van der Waals surface area contributed by atoms with Crippen molar-refractivity contribution >= 4 is 17.7 Å². The highest BCUT2D eigenvalue weighted by Crippen LogP contribution is 2.35. The molecule has 5 nitrogen and oxygen atoms in total. The van der Waals surface area contributed by atoms with Gasteiger partial charge in [-0.3, -0.25) is 14.4 Å². The molecule has 20 heavy (non-hydrogen) atoms. The van der Waals surface area contributed by atoms with Crippen molar-refractivity contribution in [1.82, 2.24) is 0 Å². The maximum atomic E-state index is 11.8. The lowest BCUT2D eigenvalue weighted by molar-refractivity contribution is -0.162. The van der Waals surface area contributed by atoms with Crippen LogP contribution in [0.1, 0.15) is 32.1 Å². The molecule has 1 fully saturated rings. The standard InChI is InChI=1S/C15H22O5/c1-4-5-6-10-7-11(9-12(16)8-10)13(14(17)19-2)15(18)20-3/h4,10-11,13H,1,5-9H2,2-3H3/t10-,11-/m0/s1. The number of rotatable bonds is 6. The first kappa shape index (κ1) is 16.4. The van der Waals surface area contributed by atoms with Crippen LogP contribution < -0.4 is 0 Å². The zero-order valence-electron chi connectivity index (χ0n) is 12.1. The van der Waals surface area contributed by atoms with E-state index in [4.69, 9.17) is 0 Å². The Morgan fingerprint density at radius 2 is 1.90 bits per heavy atom. The highest BCUT2D eigenvalue weighted by atomic mass is 16.5. The Kier molecular flexibility index (Phi) is 6.42. The summed E-state index contributed by atoms with van der Waals surface area (Å²) in [5.41, 5.74) is 0. The van der Waals surface area contributed by atoms with Crippen LogP contribution in [0.15, 0.2) is 12.7 Å². The second kappa shape index (κ2) is 7.82. The minimum atomic E-state index is -1.000. The van der Waals surface area contributed by atoms with E-state index in [2.05, 4.69) is 16.1 Å². The molecule has 2 atom stereocenters. The fourth-order valence-electron chi connectivity index (χ4n) is 2.86. The molecule has 0 spiro atoms. The fraction of sp³-hybridized carbons (Fsp3) is 0.667. The summed E-state index contributed by atoms with van der Waals surface area (Å²) in [6.07, 6.45) is 4.89. The van der Waals surface area contributed by atoms with Crippen molar-refractivity contribution in [2.75, 3.05) is 14.2 Å². The van der Waals surface area contributed by atoms with Gasteiger partial charge in [-0.05, 0) is 31.1 Å². The van der Waals surface area contributed by atoms with Crippen LogP contribution in [0.25, 0.3) is 0 Å². The molecule has 1 rings (SSSR count). The van der Waals surface area contributed by atoms with Crippen LogP contribution >= 0.6 is 0 Å². The Bertz CT molecular complexity index is 372. The van der Waals surface area contributed by atoms with Gasteiger partial charge in [0.15, 0.2) is 5.92 Å². The van der Waals surface area contributed by atoms with Crippen LogP contribution in [-0.2, 0) is 23.9 Å². The lowest BCUT2D eigenvalue weighted by atomic mass is 9.73. The van der Waals surface area contributed by atoms with E-state index in [0.29, 0.717) is 12.8 Å². The molecular formula is C15H22O5. The number of hydrogen-bond donors (Lipinski definition) is 0. The molecular weight excluding hydrogens is 260 g/mol. The molecule has 0 aromatic rings. The molecule has 0 N–H and O–H groups in total. The zero-order valence-corrected chi connectivity index (χ0v) is 12.1. The van der Waals surface area contributed by atoms with Gasteiger partial charge in [0, 0.05) is 12.8 Å².